The molecule has 0 aliphatic carbocycles. The molecule has 2 aromatic heterocycles. The Morgan fingerprint density at radius 1 is 1.03 bits per heavy atom. The van der Waals surface area contributed by atoms with Crippen molar-refractivity contribution >= 4 is 5.91 Å². The van der Waals surface area contributed by atoms with Gasteiger partial charge in [0.1, 0.15) is 12.4 Å². The van der Waals surface area contributed by atoms with Crippen LogP contribution in [0.5, 0.6) is 11.5 Å². The molecule has 0 N–H and O–H groups in total. The summed E-state index contributed by atoms with van der Waals surface area (Å²) in [5.41, 5.74) is 4.67. The number of amides is 1. The number of carbonyl (C=O) groups excluding carboxylic acids is 1. The van der Waals surface area contributed by atoms with E-state index in [1.165, 1.54) is 5.56 Å². The third-order valence-electron chi connectivity index (χ3n) is 7.08. The zero-order valence-electron chi connectivity index (χ0n) is 22.0. The van der Waals surface area contributed by atoms with Crippen LogP contribution in [-0.2, 0) is 17.8 Å². The smallest absolute Gasteiger partial charge is 0.255 e. The van der Waals surface area contributed by atoms with Gasteiger partial charge in [0.25, 0.3) is 5.91 Å². The Kier molecular flexibility index (Phi) is 7.25. The Bertz CT molecular complexity index is 1450. The molecule has 0 spiro atoms. The molecule has 2 aliphatic rings. The summed E-state index contributed by atoms with van der Waals surface area (Å²) in [5.74, 6) is 1.95. The molecule has 200 valence electrons. The van der Waals surface area contributed by atoms with E-state index in [4.69, 9.17) is 14.2 Å². The monoisotopic (exact) mass is 525 g/mol. The van der Waals surface area contributed by atoms with Gasteiger partial charge in [0.05, 0.1) is 32.4 Å². The lowest BCUT2D eigenvalue weighted by Crippen LogP contribution is -2.36. The van der Waals surface area contributed by atoms with Gasteiger partial charge in [-0.3, -0.25) is 19.2 Å². The van der Waals surface area contributed by atoms with E-state index in [0.29, 0.717) is 36.8 Å². The second-order valence-corrected chi connectivity index (χ2v) is 9.70. The number of methoxy groups -OCH3 is 1. The van der Waals surface area contributed by atoms with Crippen molar-refractivity contribution in [2.45, 2.75) is 13.1 Å². The number of aromatic nitrogens is 3. The van der Waals surface area contributed by atoms with Crippen molar-refractivity contribution in [3.05, 3.63) is 90.0 Å². The number of carbonyl (C=O) groups is 1. The van der Waals surface area contributed by atoms with Crippen LogP contribution in [0, 0.1) is 0 Å². The molecular weight excluding hydrogens is 494 g/mol. The van der Waals surface area contributed by atoms with Crippen LogP contribution in [0.1, 0.15) is 21.5 Å². The first-order valence-electron chi connectivity index (χ1n) is 13.1. The SMILES string of the molecule is COc1ccc2cc1OCCN(C(=O)c1cccnc1)Cc1cc(CN3CCOCC3)cc(c1)-n1ccnc1-2. The van der Waals surface area contributed by atoms with E-state index in [1.807, 2.05) is 29.3 Å². The summed E-state index contributed by atoms with van der Waals surface area (Å²) >= 11 is 0. The summed E-state index contributed by atoms with van der Waals surface area (Å²) in [7, 11) is 1.62. The Balaban J connectivity index is 1.45. The lowest BCUT2D eigenvalue weighted by molar-refractivity contribution is 0.0341. The van der Waals surface area contributed by atoms with E-state index >= 15 is 0 Å². The number of nitrogens with zero attached hydrogens (tertiary/aromatic N) is 5. The van der Waals surface area contributed by atoms with Crippen molar-refractivity contribution in [2.24, 2.45) is 0 Å². The first kappa shape index (κ1) is 25.1. The van der Waals surface area contributed by atoms with Crippen molar-refractivity contribution in [3.8, 4) is 28.6 Å². The molecule has 4 aromatic rings. The van der Waals surface area contributed by atoms with Crippen LogP contribution >= 0.6 is 0 Å². The molecule has 39 heavy (non-hydrogen) atoms. The number of ether oxygens (including phenoxy) is 3. The first-order valence-corrected chi connectivity index (χ1v) is 13.1. The third kappa shape index (κ3) is 5.50. The summed E-state index contributed by atoms with van der Waals surface area (Å²) in [6.45, 7) is 5.22. The second-order valence-electron chi connectivity index (χ2n) is 9.70. The molecule has 1 amide bonds. The lowest BCUT2D eigenvalue weighted by atomic mass is 10.1. The van der Waals surface area contributed by atoms with Crippen LogP contribution in [0.4, 0.5) is 0 Å². The van der Waals surface area contributed by atoms with E-state index in [-0.39, 0.29) is 5.91 Å². The highest BCUT2D eigenvalue weighted by Crippen LogP contribution is 2.33. The summed E-state index contributed by atoms with van der Waals surface area (Å²) in [6, 6.07) is 15.9. The number of fused-ring (bicyclic) bond motifs is 7. The van der Waals surface area contributed by atoms with Crippen LogP contribution in [0.25, 0.3) is 17.1 Å². The van der Waals surface area contributed by atoms with Crippen molar-refractivity contribution in [2.75, 3.05) is 46.6 Å². The molecule has 4 heterocycles. The molecule has 0 atom stereocenters. The molecule has 2 aromatic carbocycles. The van der Waals surface area contributed by atoms with E-state index < -0.39 is 0 Å². The number of pyridine rings is 1. The van der Waals surface area contributed by atoms with Crippen molar-refractivity contribution in [3.63, 3.8) is 0 Å². The van der Waals surface area contributed by atoms with Crippen LogP contribution in [0.2, 0.25) is 0 Å². The molecule has 9 heteroatoms. The highest BCUT2D eigenvalue weighted by Gasteiger charge is 2.21. The quantitative estimate of drug-likeness (QED) is 0.401. The summed E-state index contributed by atoms with van der Waals surface area (Å²) in [4.78, 5) is 26.7. The highest BCUT2D eigenvalue weighted by molar-refractivity contribution is 5.93. The maximum atomic E-state index is 13.6. The van der Waals surface area contributed by atoms with Crippen molar-refractivity contribution in [1.29, 1.82) is 0 Å². The largest absolute Gasteiger partial charge is 0.493 e. The Morgan fingerprint density at radius 3 is 2.74 bits per heavy atom. The van der Waals surface area contributed by atoms with Gasteiger partial charge in [-0.1, -0.05) is 6.07 Å². The molecule has 1 saturated heterocycles. The minimum Gasteiger partial charge on any atom is -0.493 e. The van der Waals surface area contributed by atoms with Crippen molar-refractivity contribution < 1.29 is 19.0 Å². The van der Waals surface area contributed by atoms with Crippen LogP contribution in [-0.4, -0.2) is 76.8 Å². The van der Waals surface area contributed by atoms with E-state index in [1.54, 1.807) is 37.8 Å². The fourth-order valence-electron chi connectivity index (χ4n) is 5.15. The molecule has 9 nitrogen and oxygen atoms in total. The van der Waals surface area contributed by atoms with E-state index in [0.717, 1.165) is 55.5 Å². The number of hydrogen-bond donors (Lipinski definition) is 0. The molecule has 0 saturated carbocycles. The Labute approximate surface area is 227 Å². The van der Waals surface area contributed by atoms with E-state index in [9.17, 15) is 4.79 Å². The zero-order chi connectivity index (χ0) is 26.6. The molecule has 0 radical (unpaired) electrons. The van der Waals surface area contributed by atoms with Gasteiger partial charge in [-0.15, -0.1) is 0 Å². The summed E-state index contributed by atoms with van der Waals surface area (Å²) < 4.78 is 19.4. The Hall–Kier alpha value is -4.21. The zero-order valence-corrected chi connectivity index (χ0v) is 22.0. The van der Waals surface area contributed by atoms with Gasteiger partial charge in [-0.2, -0.15) is 0 Å². The number of imidazole rings is 1. The van der Waals surface area contributed by atoms with Crippen LogP contribution < -0.4 is 9.47 Å². The minimum atomic E-state index is -0.0919. The van der Waals surface area contributed by atoms with Crippen LogP contribution in [0.3, 0.4) is 0 Å². The van der Waals surface area contributed by atoms with Gasteiger partial charge in [0.2, 0.25) is 0 Å². The maximum Gasteiger partial charge on any atom is 0.255 e. The van der Waals surface area contributed by atoms with Crippen molar-refractivity contribution in [1.82, 2.24) is 24.3 Å². The Morgan fingerprint density at radius 2 is 1.92 bits per heavy atom. The first-order chi connectivity index (χ1) is 19.2. The van der Waals surface area contributed by atoms with Gasteiger partial charge >= 0.3 is 0 Å². The molecule has 4 bridgehead atoms. The fraction of sp³-hybridized carbons (Fsp3) is 0.300. The maximum absolute atomic E-state index is 13.6. The molecule has 1 fully saturated rings. The molecule has 6 rings (SSSR count). The molecular formula is C30H31N5O4. The van der Waals surface area contributed by atoms with Gasteiger partial charge in [0, 0.05) is 62.2 Å². The minimum absolute atomic E-state index is 0.0919. The van der Waals surface area contributed by atoms with Gasteiger partial charge in [-0.25, -0.2) is 4.98 Å². The summed E-state index contributed by atoms with van der Waals surface area (Å²) in [6.07, 6.45) is 7.05. The van der Waals surface area contributed by atoms with E-state index in [2.05, 4.69) is 37.6 Å². The number of hydrogen-bond acceptors (Lipinski definition) is 7. The topological polar surface area (TPSA) is 82.0 Å². The summed E-state index contributed by atoms with van der Waals surface area (Å²) in [5, 5.41) is 0. The second kappa shape index (κ2) is 11.3. The predicted octanol–water partition coefficient (Wildman–Crippen LogP) is 3.81. The average molecular weight is 526 g/mol. The number of morpholine rings is 1. The average Bonchev–Trinajstić information content (AvgIpc) is 3.47. The standard InChI is InChI=1S/C30H31N5O4/c1-37-27-5-4-24-18-28(27)39-14-11-34(30(36)25-3-2-6-31-19-25)21-23-15-22(20-33-9-12-38-13-10-33)16-26(17-23)35-8-7-32-29(24)35/h2-8,15-19H,9-14,20-21H2,1H3. The number of benzene rings is 2. The molecule has 2 aliphatic heterocycles. The molecule has 0 unspecified atom stereocenters. The number of rotatable bonds is 4. The predicted molar refractivity (Wildman–Crippen MR) is 146 cm³/mol. The highest BCUT2D eigenvalue weighted by atomic mass is 16.5. The fourth-order valence-corrected chi connectivity index (χ4v) is 5.15. The third-order valence-corrected chi connectivity index (χ3v) is 7.08. The lowest BCUT2D eigenvalue weighted by Gasteiger charge is -2.27. The van der Waals surface area contributed by atoms with Crippen LogP contribution in [0.15, 0.2) is 73.3 Å². The normalized spacial score (nSPS) is 15.8. The van der Waals surface area contributed by atoms with Gasteiger partial charge < -0.3 is 19.1 Å². The van der Waals surface area contributed by atoms with Gasteiger partial charge in [-0.05, 0) is 53.6 Å². The van der Waals surface area contributed by atoms with Gasteiger partial charge in [0.15, 0.2) is 11.5 Å².